The Kier molecular flexibility index (Phi) is 5.02. The first-order chi connectivity index (χ1) is 9.49. The second-order valence-corrected chi connectivity index (χ2v) is 6.37. The van der Waals surface area contributed by atoms with E-state index < -0.39 is 0 Å². The van der Waals surface area contributed by atoms with Crippen molar-refractivity contribution in [3.05, 3.63) is 0 Å². The molecule has 2 amide bonds. The number of carbonyl (C=O) groups excluding carboxylic acids is 2. The summed E-state index contributed by atoms with van der Waals surface area (Å²) in [5, 5.41) is 0. The Morgan fingerprint density at radius 3 is 2.40 bits per heavy atom. The molecular formula is C15H27N3O2. The fourth-order valence-electron chi connectivity index (χ4n) is 3.38. The van der Waals surface area contributed by atoms with Gasteiger partial charge in [0.15, 0.2) is 0 Å². The van der Waals surface area contributed by atoms with Gasteiger partial charge in [0.05, 0.1) is 5.92 Å². The first-order valence-corrected chi connectivity index (χ1v) is 7.79. The molecule has 1 saturated carbocycles. The van der Waals surface area contributed by atoms with E-state index in [2.05, 4.69) is 6.92 Å². The second-order valence-electron chi connectivity index (χ2n) is 6.37. The van der Waals surface area contributed by atoms with Crippen LogP contribution in [0.15, 0.2) is 0 Å². The van der Waals surface area contributed by atoms with Gasteiger partial charge in [0.2, 0.25) is 11.8 Å². The fraction of sp³-hybridized carbons (Fsp3) is 0.867. The Balaban J connectivity index is 1.96. The van der Waals surface area contributed by atoms with Crippen LogP contribution in [0.3, 0.4) is 0 Å². The van der Waals surface area contributed by atoms with Crippen LogP contribution in [0.2, 0.25) is 0 Å². The fourth-order valence-corrected chi connectivity index (χ4v) is 3.38. The largest absolute Gasteiger partial charge is 0.341 e. The van der Waals surface area contributed by atoms with Crippen LogP contribution in [0.1, 0.15) is 39.5 Å². The van der Waals surface area contributed by atoms with Crippen LogP contribution in [-0.2, 0) is 9.59 Å². The van der Waals surface area contributed by atoms with Gasteiger partial charge in [0.25, 0.3) is 0 Å². The highest BCUT2D eigenvalue weighted by Crippen LogP contribution is 2.29. The number of rotatable bonds is 1. The molecule has 0 spiro atoms. The van der Waals surface area contributed by atoms with E-state index in [1.165, 1.54) is 0 Å². The quantitative estimate of drug-likeness (QED) is 0.774. The highest BCUT2D eigenvalue weighted by molar-refractivity contribution is 5.80. The zero-order valence-electron chi connectivity index (χ0n) is 12.7. The van der Waals surface area contributed by atoms with Crippen LogP contribution in [0.4, 0.5) is 0 Å². The summed E-state index contributed by atoms with van der Waals surface area (Å²) < 4.78 is 0. The van der Waals surface area contributed by atoms with Crippen LogP contribution in [-0.4, -0.2) is 53.8 Å². The lowest BCUT2D eigenvalue weighted by molar-refractivity contribution is -0.138. The standard InChI is InChI=1S/C15H27N3O2/c1-11-4-5-14(16)13(10-11)15(20)18-7-3-6-17(8-9-18)12(2)19/h11,13-14H,3-10,16H2,1-2H3. The molecule has 2 fully saturated rings. The summed E-state index contributed by atoms with van der Waals surface area (Å²) in [6, 6.07) is 0.00543. The van der Waals surface area contributed by atoms with E-state index in [1.807, 2.05) is 9.80 Å². The Bertz CT molecular complexity index is 372. The maximum atomic E-state index is 12.7. The first kappa shape index (κ1) is 15.3. The van der Waals surface area contributed by atoms with Gasteiger partial charge >= 0.3 is 0 Å². The first-order valence-electron chi connectivity index (χ1n) is 7.79. The Labute approximate surface area is 121 Å². The monoisotopic (exact) mass is 281 g/mol. The molecule has 3 atom stereocenters. The molecule has 5 heteroatoms. The minimum Gasteiger partial charge on any atom is -0.341 e. The molecule has 0 bridgehead atoms. The third-order valence-corrected chi connectivity index (χ3v) is 4.74. The molecule has 2 N–H and O–H groups in total. The molecule has 2 aliphatic rings. The normalized spacial score (nSPS) is 31.9. The van der Waals surface area contributed by atoms with Crippen LogP contribution in [0, 0.1) is 11.8 Å². The van der Waals surface area contributed by atoms with Gasteiger partial charge in [-0.25, -0.2) is 0 Å². The average Bonchev–Trinajstić information content (AvgIpc) is 2.66. The van der Waals surface area contributed by atoms with Gasteiger partial charge in [-0.05, 0) is 31.6 Å². The topological polar surface area (TPSA) is 66.6 Å². The molecule has 0 radical (unpaired) electrons. The summed E-state index contributed by atoms with van der Waals surface area (Å²) in [5.41, 5.74) is 6.15. The van der Waals surface area contributed by atoms with E-state index in [0.717, 1.165) is 38.8 Å². The minimum absolute atomic E-state index is 0.00543. The number of carbonyl (C=O) groups is 2. The smallest absolute Gasteiger partial charge is 0.227 e. The highest BCUT2D eigenvalue weighted by atomic mass is 16.2. The molecule has 0 aromatic carbocycles. The molecule has 0 aromatic heterocycles. The van der Waals surface area contributed by atoms with E-state index in [1.54, 1.807) is 6.92 Å². The molecule has 2 rings (SSSR count). The number of nitrogens with two attached hydrogens (primary N) is 1. The van der Waals surface area contributed by atoms with Crippen molar-refractivity contribution in [3.8, 4) is 0 Å². The molecular weight excluding hydrogens is 254 g/mol. The van der Waals surface area contributed by atoms with Crippen molar-refractivity contribution in [2.75, 3.05) is 26.2 Å². The minimum atomic E-state index is -0.0253. The van der Waals surface area contributed by atoms with Crippen LogP contribution < -0.4 is 5.73 Å². The number of nitrogens with zero attached hydrogens (tertiary/aromatic N) is 2. The summed E-state index contributed by atoms with van der Waals surface area (Å²) in [6.07, 6.45) is 3.85. The maximum Gasteiger partial charge on any atom is 0.227 e. The van der Waals surface area contributed by atoms with E-state index >= 15 is 0 Å². The van der Waals surface area contributed by atoms with E-state index in [4.69, 9.17) is 5.73 Å². The Hall–Kier alpha value is -1.10. The van der Waals surface area contributed by atoms with Crippen molar-refractivity contribution in [3.63, 3.8) is 0 Å². The molecule has 0 aromatic rings. The summed E-state index contributed by atoms with van der Waals surface area (Å²) in [4.78, 5) is 27.9. The molecule has 1 heterocycles. The third kappa shape index (κ3) is 3.51. The van der Waals surface area contributed by atoms with Gasteiger partial charge in [-0.15, -0.1) is 0 Å². The molecule has 5 nitrogen and oxygen atoms in total. The maximum absolute atomic E-state index is 12.7. The molecule has 1 saturated heterocycles. The van der Waals surface area contributed by atoms with Gasteiger partial charge in [0.1, 0.15) is 0 Å². The molecule has 3 unspecified atom stereocenters. The van der Waals surface area contributed by atoms with Crippen molar-refractivity contribution in [2.45, 2.75) is 45.6 Å². The molecule has 1 aliphatic carbocycles. The zero-order valence-corrected chi connectivity index (χ0v) is 12.7. The Morgan fingerprint density at radius 2 is 1.70 bits per heavy atom. The van der Waals surface area contributed by atoms with E-state index in [0.29, 0.717) is 19.0 Å². The molecule has 114 valence electrons. The van der Waals surface area contributed by atoms with Gasteiger partial charge in [0, 0.05) is 39.1 Å². The number of amides is 2. The summed E-state index contributed by atoms with van der Waals surface area (Å²) in [6.45, 7) is 6.60. The van der Waals surface area contributed by atoms with E-state index in [9.17, 15) is 9.59 Å². The third-order valence-electron chi connectivity index (χ3n) is 4.74. The average molecular weight is 281 g/mol. The van der Waals surface area contributed by atoms with E-state index in [-0.39, 0.29) is 23.8 Å². The number of hydrogen-bond acceptors (Lipinski definition) is 3. The van der Waals surface area contributed by atoms with Crippen LogP contribution in [0.25, 0.3) is 0 Å². The van der Waals surface area contributed by atoms with Crippen molar-refractivity contribution in [1.29, 1.82) is 0 Å². The highest BCUT2D eigenvalue weighted by Gasteiger charge is 2.34. The predicted molar refractivity (Wildman–Crippen MR) is 77.9 cm³/mol. The van der Waals surface area contributed by atoms with Gasteiger partial charge in [-0.3, -0.25) is 9.59 Å². The van der Waals surface area contributed by atoms with Crippen LogP contribution >= 0.6 is 0 Å². The predicted octanol–water partition coefficient (Wildman–Crippen LogP) is 0.831. The Morgan fingerprint density at radius 1 is 1.05 bits per heavy atom. The summed E-state index contributed by atoms with van der Waals surface area (Å²) in [5.74, 6) is 0.865. The summed E-state index contributed by atoms with van der Waals surface area (Å²) in [7, 11) is 0. The molecule has 20 heavy (non-hydrogen) atoms. The molecule has 1 aliphatic heterocycles. The zero-order chi connectivity index (χ0) is 14.7. The van der Waals surface area contributed by atoms with Crippen molar-refractivity contribution >= 4 is 11.8 Å². The lowest BCUT2D eigenvalue weighted by Crippen LogP contribution is -2.48. The summed E-state index contributed by atoms with van der Waals surface area (Å²) >= 11 is 0. The lowest BCUT2D eigenvalue weighted by Gasteiger charge is -2.35. The van der Waals surface area contributed by atoms with Crippen molar-refractivity contribution in [1.82, 2.24) is 9.80 Å². The van der Waals surface area contributed by atoms with Crippen LogP contribution in [0.5, 0.6) is 0 Å². The van der Waals surface area contributed by atoms with Gasteiger partial charge < -0.3 is 15.5 Å². The van der Waals surface area contributed by atoms with Gasteiger partial charge in [-0.1, -0.05) is 6.92 Å². The number of hydrogen-bond donors (Lipinski definition) is 1. The van der Waals surface area contributed by atoms with Crippen molar-refractivity contribution in [2.24, 2.45) is 17.6 Å². The van der Waals surface area contributed by atoms with Crippen molar-refractivity contribution < 1.29 is 9.59 Å². The lowest BCUT2D eigenvalue weighted by atomic mass is 9.78. The van der Waals surface area contributed by atoms with Gasteiger partial charge in [-0.2, -0.15) is 0 Å². The second kappa shape index (κ2) is 6.57. The SMILES string of the molecule is CC(=O)N1CCCN(C(=O)C2CC(C)CCC2N)CC1.